The Morgan fingerprint density at radius 3 is 3.04 bits per heavy atom. The van der Waals surface area contributed by atoms with Crippen molar-refractivity contribution in [1.82, 2.24) is 10.3 Å². The smallest absolute Gasteiger partial charge is 0.413 e. The number of ether oxygens (including phenoxy) is 1. The molecule has 1 atom stereocenters. The van der Waals surface area contributed by atoms with E-state index in [0.29, 0.717) is 18.9 Å². The predicted octanol–water partition coefficient (Wildman–Crippen LogP) is 2.41. The number of aromatic nitrogens is 1. The molecule has 24 heavy (non-hydrogen) atoms. The van der Waals surface area contributed by atoms with Crippen molar-refractivity contribution >= 4 is 11.9 Å². The van der Waals surface area contributed by atoms with Crippen molar-refractivity contribution in [2.45, 2.75) is 38.2 Å². The van der Waals surface area contributed by atoms with Crippen molar-refractivity contribution in [1.29, 1.82) is 0 Å². The van der Waals surface area contributed by atoms with Crippen molar-refractivity contribution in [3.8, 4) is 0 Å². The second-order valence-corrected chi connectivity index (χ2v) is 6.00. The number of alkyl halides is 1. The molecule has 6 nitrogen and oxygen atoms in total. The molecule has 0 aromatic carbocycles. The lowest BCUT2D eigenvalue weighted by Gasteiger charge is -2.26. The minimum atomic E-state index is -0.939. The number of hydrogen-bond donors (Lipinski definition) is 2. The van der Waals surface area contributed by atoms with E-state index in [1.807, 2.05) is 12.1 Å². The lowest BCUT2D eigenvalue weighted by Crippen LogP contribution is -2.35. The van der Waals surface area contributed by atoms with Crippen LogP contribution in [0.15, 0.2) is 12.1 Å². The summed E-state index contributed by atoms with van der Waals surface area (Å²) in [4.78, 5) is 17.2. The summed E-state index contributed by atoms with van der Waals surface area (Å²) in [6, 6.07) is 3.98. The molecular weight excluding hydrogens is 313 g/mol. The Morgan fingerprint density at radius 1 is 1.50 bits per heavy atom. The summed E-state index contributed by atoms with van der Waals surface area (Å²) in [7, 11) is 1.51. The molecule has 7 heteroatoms. The van der Waals surface area contributed by atoms with Gasteiger partial charge in [-0.2, -0.15) is 0 Å². The molecule has 1 amide bonds. The number of nitrogens with one attached hydrogen (secondary N) is 1. The van der Waals surface area contributed by atoms with Crippen LogP contribution in [-0.2, 0) is 17.6 Å². The summed E-state index contributed by atoms with van der Waals surface area (Å²) in [5.41, 5.74) is 1.92. The van der Waals surface area contributed by atoms with Gasteiger partial charge in [0.25, 0.3) is 0 Å². The van der Waals surface area contributed by atoms with Gasteiger partial charge in [0.15, 0.2) is 0 Å². The molecule has 0 bridgehead atoms. The highest BCUT2D eigenvalue weighted by Gasteiger charge is 2.23. The molecule has 0 spiro atoms. The number of carboxylic acid groups (broad SMARTS) is 1. The zero-order chi connectivity index (χ0) is 17.4. The number of carbonyl (C=O) groups is 1. The largest absolute Gasteiger partial charge is 0.465 e. The third-order valence-corrected chi connectivity index (χ3v) is 4.24. The van der Waals surface area contributed by atoms with Crippen molar-refractivity contribution in [2.24, 2.45) is 0 Å². The zero-order valence-electron chi connectivity index (χ0n) is 14.1. The first-order valence-electron chi connectivity index (χ1n) is 8.44. The Balaban J connectivity index is 1.78. The van der Waals surface area contributed by atoms with Crippen molar-refractivity contribution in [2.75, 3.05) is 38.3 Å². The van der Waals surface area contributed by atoms with Crippen LogP contribution in [0.3, 0.4) is 0 Å². The number of methoxy groups -OCH3 is 1. The van der Waals surface area contributed by atoms with Crippen LogP contribution in [0.1, 0.15) is 30.5 Å². The molecule has 2 rings (SSSR count). The maximum atomic E-state index is 12.5. The molecule has 0 aliphatic carbocycles. The fourth-order valence-corrected chi connectivity index (χ4v) is 2.82. The molecule has 0 saturated carbocycles. The molecular formula is C17H26FN3O3. The second-order valence-electron chi connectivity index (χ2n) is 6.00. The summed E-state index contributed by atoms with van der Waals surface area (Å²) in [5, 5.41) is 12.4. The number of unbranched alkanes of at least 4 members (excludes halogenated alkanes) is 1. The highest BCUT2D eigenvalue weighted by Crippen LogP contribution is 2.25. The highest BCUT2D eigenvalue weighted by atomic mass is 19.1. The summed E-state index contributed by atoms with van der Waals surface area (Å²) < 4.78 is 17.4. The van der Waals surface area contributed by atoms with Gasteiger partial charge in [0, 0.05) is 25.9 Å². The topological polar surface area (TPSA) is 74.7 Å². The quantitative estimate of drug-likeness (QED) is 0.676. The molecule has 2 N–H and O–H groups in total. The number of fused-ring (bicyclic) bond motifs is 1. The molecule has 0 unspecified atom stereocenters. The van der Waals surface area contributed by atoms with Gasteiger partial charge in [0.1, 0.15) is 12.5 Å². The number of aryl methyl sites for hydroxylation is 2. The average Bonchev–Trinajstić information content (AvgIpc) is 2.60. The van der Waals surface area contributed by atoms with Crippen LogP contribution in [0.2, 0.25) is 0 Å². The van der Waals surface area contributed by atoms with Crippen LogP contribution in [-0.4, -0.2) is 55.7 Å². The van der Waals surface area contributed by atoms with E-state index in [4.69, 9.17) is 4.74 Å². The molecule has 1 aromatic heterocycles. The fraction of sp³-hybridized carbons (Fsp3) is 0.647. The number of nitrogens with zero attached hydrogens (tertiary/aromatic N) is 2. The first kappa shape index (κ1) is 18.6. The third-order valence-electron chi connectivity index (χ3n) is 4.24. The maximum absolute atomic E-state index is 12.5. The molecule has 2 heterocycles. The Labute approximate surface area is 142 Å². The Hall–Kier alpha value is -1.73. The second kappa shape index (κ2) is 9.54. The summed E-state index contributed by atoms with van der Waals surface area (Å²) in [6.45, 7) is 1.34. The first-order valence-corrected chi connectivity index (χ1v) is 8.44. The normalized spacial score (nSPS) is 15.2. The van der Waals surface area contributed by atoms with Crippen molar-refractivity contribution in [3.63, 3.8) is 0 Å². The molecule has 1 aliphatic rings. The number of anilines is 1. The summed E-state index contributed by atoms with van der Waals surface area (Å²) in [6.07, 6.45) is 3.10. The monoisotopic (exact) mass is 339 g/mol. The highest BCUT2D eigenvalue weighted by molar-refractivity contribution is 5.86. The van der Waals surface area contributed by atoms with Gasteiger partial charge in [-0.25, -0.2) is 14.2 Å². The van der Waals surface area contributed by atoms with Gasteiger partial charge in [-0.3, -0.25) is 4.90 Å². The van der Waals surface area contributed by atoms with Crippen LogP contribution in [0, 0.1) is 0 Å². The lowest BCUT2D eigenvalue weighted by molar-refractivity contribution is 0.0791. The Morgan fingerprint density at radius 2 is 2.33 bits per heavy atom. The first-order chi connectivity index (χ1) is 11.7. The molecule has 1 aromatic rings. The molecule has 0 saturated heterocycles. The van der Waals surface area contributed by atoms with Gasteiger partial charge in [0.05, 0.1) is 6.10 Å². The van der Waals surface area contributed by atoms with Gasteiger partial charge >= 0.3 is 6.09 Å². The predicted molar refractivity (Wildman–Crippen MR) is 90.5 cm³/mol. The van der Waals surface area contributed by atoms with E-state index in [1.54, 1.807) is 0 Å². The third kappa shape index (κ3) is 5.14. The number of rotatable bonds is 9. The number of halogens is 1. The minimum Gasteiger partial charge on any atom is -0.465 e. The van der Waals surface area contributed by atoms with Gasteiger partial charge in [0.2, 0.25) is 0 Å². The molecule has 0 fully saturated rings. The SMILES string of the molecule is CO[C@H](CF)CNCCCCc1ccc2c(n1)N(C(=O)O)CCC2. The van der Waals surface area contributed by atoms with E-state index in [-0.39, 0.29) is 6.10 Å². The Kier molecular flexibility index (Phi) is 7.39. The minimum absolute atomic E-state index is 0.380. The molecule has 0 radical (unpaired) electrons. The van der Waals surface area contributed by atoms with Crippen LogP contribution >= 0.6 is 0 Å². The van der Waals surface area contributed by atoms with Crippen molar-refractivity contribution in [3.05, 3.63) is 23.4 Å². The summed E-state index contributed by atoms with van der Waals surface area (Å²) >= 11 is 0. The number of pyridine rings is 1. The van der Waals surface area contributed by atoms with E-state index in [1.165, 1.54) is 12.0 Å². The summed E-state index contributed by atoms with van der Waals surface area (Å²) in [5.74, 6) is 0.593. The van der Waals surface area contributed by atoms with Gasteiger partial charge in [-0.15, -0.1) is 0 Å². The van der Waals surface area contributed by atoms with Gasteiger partial charge in [-0.05, 0) is 50.3 Å². The van der Waals surface area contributed by atoms with E-state index in [2.05, 4.69) is 10.3 Å². The van der Waals surface area contributed by atoms with Crippen molar-refractivity contribution < 1.29 is 19.0 Å². The van der Waals surface area contributed by atoms with Crippen LogP contribution in [0.25, 0.3) is 0 Å². The van der Waals surface area contributed by atoms with Gasteiger partial charge < -0.3 is 15.2 Å². The molecule has 134 valence electrons. The fourth-order valence-electron chi connectivity index (χ4n) is 2.82. The van der Waals surface area contributed by atoms with Crippen LogP contribution in [0.4, 0.5) is 15.0 Å². The van der Waals surface area contributed by atoms with Crippen LogP contribution < -0.4 is 10.2 Å². The lowest BCUT2D eigenvalue weighted by atomic mass is 10.0. The maximum Gasteiger partial charge on any atom is 0.413 e. The zero-order valence-corrected chi connectivity index (χ0v) is 14.1. The van der Waals surface area contributed by atoms with Crippen LogP contribution in [0.5, 0.6) is 0 Å². The van der Waals surface area contributed by atoms with Gasteiger partial charge in [-0.1, -0.05) is 6.07 Å². The Bertz CT molecular complexity index is 538. The molecule has 1 aliphatic heterocycles. The van der Waals surface area contributed by atoms with E-state index in [0.717, 1.165) is 49.9 Å². The number of hydrogen-bond acceptors (Lipinski definition) is 4. The number of amides is 1. The standard InChI is InChI=1S/C17H26FN3O3/c1-24-15(11-18)12-19-9-3-2-6-14-8-7-13-5-4-10-21(17(22)23)16(13)20-14/h7-8,15,19H,2-6,9-12H2,1H3,(H,22,23)/t15-/m1/s1. The average molecular weight is 339 g/mol. The van der Waals surface area contributed by atoms with E-state index >= 15 is 0 Å². The van der Waals surface area contributed by atoms with E-state index < -0.39 is 12.8 Å². The van der Waals surface area contributed by atoms with E-state index in [9.17, 15) is 14.3 Å².